The van der Waals surface area contributed by atoms with Gasteiger partial charge in [-0.1, -0.05) is 84.9 Å². The van der Waals surface area contributed by atoms with Gasteiger partial charge in [-0.15, -0.1) is 0 Å². The molecule has 2 nitrogen and oxygen atoms in total. The Morgan fingerprint density at radius 3 is 1.61 bits per heavy atom. The van der Waals surface area contributed by atoms with Gasteiger partial charge in [0, 0.05) is 27.7 Å². The van der Waals surface area contributed by atoms with E-state index in [0.717, 1.165) is 11.0 Å². The number of pyridine rings is 1. The van der Waals surface area contributed by atoms with Crippen LogP contribution in [-0.4, -0.2) is 9.38 Å². The van der Waals surface area contributed by atoms with Crippen LogP contribution in [0.3, 0.4) is 0 Å². The van der Waals surface area contributed by atoms with Crippen LogP contribution in [0.25, 0.3) is 59.8 Å². The van der Waals surface area contributed by atoms with E-state index in [1.807, 2.05) is 12.3 Å². The van der Waals surface area contributed by atoms with Gasteiger partial charge < -0.3 is 0 Å². The minimum atomic E-state index is 0.974. The van der Waals surface area contributed by atoms with Gasteiger partial charge in [0.05, 0.1) is 11.0 Å². The van der Waals surface area contributed by atoms with Crippen LogP contribution in [-0.2, 0) is 0 Å². The summed E-state index contributed by atoms with van der Waals surface area (Å²) in [6, 6.07) is 37.0. The van der Waals surface area contributed by atoms with E-state index in [4.69, 9.17) is 4.98 Å². The Hall–Kier alpha value is -4.17. The van der Waals surface area contributed by atoms with Gasteiger partial charge in [-0.05, 0) is 39.7 Å². The first kappa shape index (κ1) is 16.6. The lowest BCUT2D eigenvalue weighted by Gasteiger charge is -2.03. The number of aromatic nitrogens is 2. The summed E-state index contributed by atoms with van der Waals surface area (Å²) < 4.78 is 2.36. The molecule has 0 fully saturated rings. The minimum Gasteiger partial charge on any atom is -0.293 e. The van der Waals surface area contributed by atoms with Crippen LogP contribution in [0.2, 0.25) is 0 Å². The average Bonchev–Trinajstić information content (AvgIpc) is 3.20. The van der Waals surface area contributed by atoms with Crippen molar-refractivity contribution in [3.05, 3.63) is 109 Å². The number of fused-ring (bicyclic) bond motifs is 10. The highest BCUT2D eigenvalue weighted by Gasteiger charge is 2.14. The summed E-state index contributed by atoms with van der Waals surface area (Å²) in [5.41, 5.74) is 3.37. The van der Waals surface area contributed by atoms with E-state index < -0.39 is 0 Å². The van der Waals surface area contributed by atoms with Crippen LogP contribution < -0.4 is 0 Å². The Morgan fingerprint density at radius 2 is 0.903 bits per heavy atom. The Labute approximate surface area is 178 Å². The fourth-order valence-corrected chi connectivity index (χ4v) is 5.15. The van der Waals surface area contributed by atoms with Crippen molar-refractivity contribution < 1.29 is 0 Å². The molecule has 0 aliphatic rings. The molecule has 0 bridgehead atoms. The van der Waals surface area contributed by atoms with Crippen molar-refractivity contribution in [2.45, 2.75) is 0 Å². The molecule has 0 atom stereocenters. The molecule has 0 aliphatic carbocycles. The number of nitrogens with zero attached hydrogens (tertiary/aromatic N) is 2. The van der Waals surface area contributed by atoms with E-state index in [1.165, 1.54) is 48.7 Å². The molecular formula is C29H18N2. The van der Waals surface area contributed by atoms with Gasteiger partial charge >= 0.3 is 0 Å². The lowest BCUT2D eigenvalue weighted by atomic mass is 10.0. The van der Waals surface area contributed by atoms with Gasteiger partial charge in [0.2, 0.25) is 0 Å². The maximum Gasteiger partial charge on any atom is 0.145 e. The highest BCUT2D eigenvalue weighted by Crippen LogP contribution is 2.37. The van der Waals surface area contributed by atoms with Crippen LogP contribution in [0, 0.1) is 0 Å². The van der Waals surface area contributed by atoms with E-state index in [2.05, 4.69) is 101 Å². The highest BCUT2D eigenvalue weighted by molar-refractivity contribution is 6.24. The smallest absolute Gasteiger partial charge is 0.145 e. The third-order valence-corrected chi connectivity index (χ3v) is 6.42. The van der Waals surface area contributed by atoms with Crippen molar-refractivity contribution >= 4 is 59.8 Å². The number of rotatable bonds is 0. The number of para-hydroxylation sites is 2. The molecule has 0 N–H and O–H groups in total. The zero-order valence-corrected chi connectivity index (χ0v) is 16.8. The number of benzene rings is 4. The third-order valence-electron chi connectivity index (χ3n) is 6.42. The Kier molecular flexibility index (Phi) is 3.30. The van der Waals surface area contributed by atoms with E-state index in [1.54, 1.807) is 0 Å². The molecule has 0 saturated heterocycles. The lowest BCUT2D eigenvalue weighted by Crippen LogP contribution is -1.89. The first-order valence-corrected chi connectivity index (χ1v) is 10.6. The van der Waals surface area contributed by atoms with Crippen molar-refractivity contribution in [3.8, 4) is 0 Å². The molecule has 0 radical (unpaired) electrons. The SMILES string of the molecule is c1ccc2c(c1)c1ccccc1c1cccc3c4ccccc4n(c4ncccc24)c13. The van der Waals surface area contributed by atoms with Gasteiger partial charge in [-0.25, -0.2) is 4.98 Å². The molecule has 0 amide bonds. The van der Waals surface area contributed by atoms with Crippen LogP contribution in [0.1, 0.15) is 0 Å². The Bertz CT molecular complexity index is 1840. The molecule has 3 aromatic heterocycles. The molecule has 7 rings (SSSR count). The van der Waals surface area contributed by atoms with Crippen LogP contribution in [0.15, 0.2) is 109 Å². The minimum absolute atomic E-state index is 0.974. The predicted octanol–water partition coefficient (Wildman–Crippen LogP) is 7.66. The van der Waals surface area contributed by atoms with Gasteiger partial charge in [0.25, 0.3) is 0 Å². The van der Waals surface area contributed by atoms with Gasteiger partial charge in [-0.3, -0.25) is 4.40 Å². The van der Waals surface area contributed by atoms with Gasteiger partial charge in [-0.2, -0.15) is 0 Å². The number of hydrogen-bond donors (Lipinski definition) is 0. The summed E-state index contributed by atoms with van der Waals surface area (Å²) in [4.78, 5) is 4.93. The first-order valence-electron chi connectivity index (χ1n) is 10.6. The summed E-state index contributed by atoms with van der Waals surface area (Å²) in [5, 5.41) is 9.82. The van der Waals surface area contributed by atoms with Gasteiger partial charge in [0.1, 0.15) is 5.65 Å². The second-order valence-corrected chi connectivity index (χ2v) is 8.02. The van der Waals surface area contributed by atoms with Crippen molar-refractivity contribution in [2.24, 2.45) is 0 Å². The highest BCUT2D eigenvalue weighted by atomic mass is 15.0. The topological polar surface area (TPSA) is 17.3 Å². The lowest BCUT2D eigenvalue weighted by molar-refractivity contribution is 1.25. The molecule has 4 aromatic carbocycles. The van der Waals surface area contributed by atoms with E-state index in [-0.39, 0.29) is 0 Å². The van der Waals surface area contributed by atoms with Crippen molar-refractivity contribution in [1.82, 2.24) is 9.38 Å². The normalized spacial score (nSPS) is 11.9. The fraction of sp³-hybridized carbons (Fsp3) is 0. The molecule has 3 heterocycles. The van der Waals surface area contributed by atoms with Crippen LogP contribution in [0.5, 0.6) is 0 Å². The zero-order valence-electron chi connectivity index (χ0n) is 16.8. The monoisotopic (exact) mass is 394 g/mol. The number of hydrogen-bond acceptors (Lipinski definition) is 1. The molecular weight excluding hydrogens is 376 g/mol. The van der Waals surface area contributed by atoms with E-state index in [9.17, 15) is 0 Å². The molecule has 7 aromatic rings. The average molecular weight is 394 g/mol. The largest absolute Gasteiger partial charge is 0.293 e. The fourth-order valence-electron chi connectivity index (χ4n) is 5.15. The molecule has 0 aliphatic heterocycles. The second-order valence-electron chi connectivity index (χ2n) is 8.02. The summed E-state index contributed by atoms with van der Waals surface area (Å²) in [5.74, 6) is 0. The predicted molar refractivity (Wildman–Crippen MR) is 132 cm³/mol. The zero-order chi connectivity index (χ0) is 20.4. The van der Waals surface area contributed by atoms with Crippen molar-refractivity contribution in [2.75, 3.05) is 0 Å². The second kappa shape index (κ2) is 6.16. The van der Waals surface area contributed by atoms with Crippen molar-refractivity contribution in [3.63, 3.8) is 0 Å². The third kappa shape index (κ3) is 2.19. The van der Waals surface area contributed by atoms with Crippen molar-refractivity contribution in [1.29, 1.82) is 0 Å². The molecule has 0 unspecified atom stereocenters. The molecule has 144 valence electrons. The summed E-state index contributed by atoms with van der Waals surface area (Å²) in [6.45, 7) is 0. The van der Waals surface area contributed by atoms with Crippen LogP contribution in [0.4, 0.5) is 0 Å². The Morgan fingerprint density at radius 1 is 0.419 bits per heavy atom. The van der Waals surface area contributed by atoms with Gasteiger partial charge in [0.15, 0.2) is 0 Å². The van der Waals surface area contributed by atoms with E-state index in [0.29, 0.717) is 0 Å². The molecule has 2 heteroatoms. The maximum atomic E-state index is 4.93. The van der Waals surface area contributed by atoms with Crippen LogP contribution >= 0.6 is 0 Å². The van der Waals surface area contributed by atoms with E-state index >= 15 is 0 Å². The maximum absolute atomic E-state index is 4.93. The quantitative estimate of drug-likeness (QED) is 0.258. The molecule has 0 spiro atoms. The first-order chi connectivity index (χ1) is 15.4. The summed E-state index contributed by atoms with van der Waals surface area (Å²) in [7, 11) is 0. The molecule has 0 saturated carbocycles. The summed E-state index contributed by atoms with van der Waals surface area (Å²) in [6.07, 6.45) is 1.90. The summed E-state index contributed by atoms with van der Waals surface area (Å²) >= 11 is 0. The standard InChI is InChI=1S/C29H18N2/c1-3-11-21-19(9-1)20-10-2-4-12-22(20)26-16-8-18-30-29(26)31-27-17-6-5-13-23(27)25-15-7-14-24(21)28(25)31/h1-18H. The molecule has 31 heavy (non-hydrogen) atoms. The Balaban J connectivity index is 2.04.